The van der Waals surface area contributed by atoms with Gasteiger partial charge in [-0.2, -0.15) is 0 Å². The molecule has 2 heterocycles. The summed E-state index contributed by atoms with van der Waals surface area (Å²) in [4.78, 5) is 8.84. The van der Waals surface area contributed by atoms with E-state index in [0.29, 0.717) is 23.1 Å². The van der Waals surface area contributed by atoms with Crippen molar-refractivity contribution in [1.29, 1.82) is 0 Å². The lowest BCUT2D eigenvalue weighted by atomic mass is 10.1. The third-order valence-electron chi connectivity index (χ3n) is 5.67. The molecule has 1 atom stereocenters. The number of aliphatic hydroxyl groups is 1. The Morgan fingerprint density at radius 1 is 1.06 bits per heavy atom. The highest BCUT2D eigenvalue weighted by atomic mass is 35.5. The first-order chi connectivity index (χ1) is 17.4. The maximum Gasteiger partial charge on any atom is 0.141 e. The summed E-state index contributed by atoms with van der Waals surface area (Å²) in [6.45, 7) is 2.51. The Balaban J connectivity index is 1.36. The summed E-state index contributed by atoms with van der Waals surface area (Å²) in [7, 11) is 0. The number of halogens is 2. The number of nitrogens with zero attached hydrogens (tertiary/aromatic N) is 3. The Kier molecular flexibility index (Phi) is 6.84. The van der Waals surface area contributed by atoms with Gasteiger partial charge in [0.2, 0.25) is 0 Å². The van der Waals surface area contributed by atoms with Crippen LogP contribution in [0.5, 0.6) is 5.75 Å². The smallest absolute Gasteiger partial charge is 0.141 e. The van der Waals surface area contributed by atoms with Gasteiger partial charge in [-0.05, 0) is 72.1 Å². The van der Waals surface area contributed by atoms with Crippen LogP contribution in [0.25, 0.3) is 22.0 Å². The molecule has 0 unspecified atom stereocenters. The largest absolute Gasteiger partial charge is 0.487 e. The number of ether oxygens (including phenoxy) is 1. The standard InChI is InChI=1S/C28H24ClFN4O2/c1-18(35)14-34-10-9-21(15-34)20-5-7-26-24(12-20)28(32-17-31-26)33-23-6-8-27(25(29)13-23)36-16-19-3-2-4-22(30)11-19/h2-13,15,17-18,35H,14,16H2,1H3,(H,31,32,33)/t18-/m0/s1. The molecule has 182 valence electrons. The molecule has 5 aromatic rings. The molecule has 0 aliphatic heterocycles. The molecule has 0 saturated heterocycles. The van der Waals surface area contributed by atoms with Crippen molar-refractivity contribution in [3.8, 4) is 16.9 Å². The first kappa shape index (κ1) is 23.8. The van der Waals surface area contributed by atoms with E-state index < -0.39 is 6.10 Å². The molecular formula is C28H24ClFN4O2. The van der Waals surface area contributed by atoms with Crippen molar-refractivity contribution in [2.75, 3.05) is 5.32 Å². The molecule has 0 aliphatic rings. The fraction of sp³-hybridized carbons (Fsp3) is 0.143. The third kappa shape index (κ3) is 5.48. The number of aliphatic hydroxyl groups excluding tert-OH is 1. The van der Waals surface area contributed by atoms with E-state index in [2.05, 4.69) is 15.3 Å². The number of rotatable bonds is 8. The lowest BCUT2D eigenvalue weighted by Crippen LogP contribution is -2.09. The van der Waals surface area contributed by atoms with Gasteiger partial charge in [0.25, 0.3) is 0 Å². The van der Waals surface area contributed by atoms with Gasteiger partial charge >= 0.3 is 0 Å². The first-order valence-electron chi connectivity index (χ1n) is 11.5. The Morgan fingerprint density at radius 3 is 2.75 bits per heavy atom. The Labute approximate surface area is 213 Å². The van der Waals surface area contributed by atoms with Gasteiger partial charge in [-0.1, -0.05) is 29.8 Å². The highest BCUT2D eigenvalue weighted by Gasteiger charge is 2.10. The highest BCUT2D eigenvalue weighted by molar-refractivity contribution is 6.32. The lowest BCUT2D eigenvalue weighted by Gasteiger charge is -2.12. The van der Waals surface area contributed by atoms with Crippen molar-refractivity contribution in [3.63, 3.8) is 0 Å². The molecule has 36 heavy (non-hydrogen) atoms. The van der Waals surface area contributed by atoms with Crippen LogP contribution in [-0.2, 0) is 13.2 Å². The van der Waals surface area contributed by atoms with Gasteiger partial charge in [-0.15, -0.1) is 0 Å². The predicted molar refractivity (Wildman–Crippen MR) is 140 cm³/mol. The molecule has 6 nitrogen and oxygen atoms in total. The second-order valence-electron chi connectivity index (χ2n) is 8.59. The van der Waals surface area contributed by atoms with Crippen LogP contribution >= 0.6 is 11.6 Å². The molecule has 5 rings (SSSR count). The van der Waals surface area contributed by atoms with Crippen LogP contribution in [0.1, 0.15) is 12.5 Å². The molecule has 0 fully saturated rings. The quantitative estimate of drug-likeness (QED) is 0.250. The zero-order chi connectivity index (χ0) is 25.1. The zero-order valence-electron chi connectivity index (χ0n) is 19.5. The zero-order valence-corrected chi connectivity index (χ0v) is 20.3. The van der Waals surface area contributed by atoms with Gasteiger partial charge in [-0.3, -0.25) is 0 Å². The number of aromatic nitrogens is 3. The highest BCUT2D eigenvalue weighted by Crippen LogP contribution is 2.32. The summed E-state index contributed by atoms with van der Waals surface area (Å²) < 4.78 is 21.1. The van der Waals surface area contributed by atoms with Crippen LogP contribution in [0.3, 0.4) is 0 Å². The summed E-state index contributed by atoms with van der Waals surface area (Å²) in [6.07, 6.45) is 5.05. The van der Waals surface area contributed by atoms with E-state index >= 15 is 0 Å². The summed E-state index contributed by atoms with van der Waals surface area (Å²) in [5, 5.41) is 14.3. The predicted octanol–water partition coefficient (Wildman–Crippen LogP) is 6.59. The average molecular weight is 503 g/mol. The number of benzene rings is 3. The van der Waals surface area contributed by atoms with Crippen LogP contribution in [0, 0.1) is 5.82 Å². The second kappa shape index (κ2) is 10.4. The molecule has 8 heteroatoms. The SMILES string of the molecule is C[C@H](O)Cn1ccc(-c2ccc3ncnc(Nc4ccc(OCc5cccc(F)c5)c(Cl)c4)c3c2)c1. The van der Waals surface area contributed by atoms with Gasteiger partial charge in [-0.25, -0.2) is 14.4 Å². The van der Waals surface area contributed by atoms with Crippen LogP contribution in [-0.4, -0.2) is 25.7 Å². The molecule has 0 amide bonds. The van der Waals surface area contributed by atoms with E-state index in [1.165, 1.54) is 18.5 Å². The van der Waals surface area contributed by atoms with Crippen LogP contribution in [0.2, 0.25) is 5.02 Å². The molecule has 2 aromatic heterocycles. The minimum absolute atomic E-state index is 0.211. The van der Waals surface area contributed by atoms with Gasteiger partial charge in [0.1, 0.15) is 30.3 Å². The minimum Gasteiger partial charge on any atom is -0.487 e. The molecule has 0 bridgehead atoms. The van der Waals surface area contributed by atoms with Crippen molar-refractivity contribution in [1.82, 2.24) is 14.5 Å². The summed E-state index contributed by atoms with van der Waals surface area (Å²) in [6, 6.07) is 19.7. The van der Waals surface area contributed by atoms with Gasteiger partial charge in [0.15, 0.2) is 0 Å². The second-order valence-corrected chi connectivity index (χ2v) is 9.00. The Morgan fingerprint density at radius 2 is 1.94 bits per heavy atom. The normalized spacial score (nSPS) is 12.0. The number of nitrogens with one attached hydrogen (secondary N) is 1. The van der Waals surface area contributed by atoms with E-state index in [1.54, 1.807) is 31.2 Å². The van der Waals surface area contributed by atoms with Crippen LogP contribution in [0.15, 0.2) is 85.5 Å². The number of fused-ring (bicyclic) bond motifs is 1. The molecule has 0 spiro atoms. The monoisotopic (exact) mass is 502 g/mol. The number of hydrogen-bond acceptors (Lipinski definition) is 5. The maximum atomic E-state index is 13.4. The van der Waals surface area contributed by atoms with Gasteiger partial charge in [0, 0.05) is 30.0 Å². The fourth-order valence-electron chi connectivity index (χ4n) is 3.99. The van der Waals surface area contributed by atoms with Gasteiger partial charge < -0.3 is 19.7 Å². The van der Waals surface area contributed by atoms with Crippen molar-refractivity contribution in [2.45, 2.75) is 26.2 Å². The van der Waals surface area contributed by atoms with E-state index in [0.717, 1.165) is 33.3 Å². The van der Waals surface area contributed by atoms with Crippen LogP contribution in [0.4, 0.5) is 15.9 Å². The average Bonchev–Trinajstić information content (AvgIpc) is 3.31. The molecular weight excluding hydrogens is 479 g/mol. The summed E-state index contributed by atoms with van der Waals surface area (Å²) >= 11 is 6.46. The van der Waals surface area contributed by atoms with Crippen molar-refractivity contribution in [2.24, 2.45) is 0 Å². The van der Waals surface area contributed by atoms with E-state index in [1.807, 2.05) is 47.3 Å². The molecule has 0 saturated carbocycles. The minimum atomic E-state index is -0.420. The summed E-state index contributed by atoms with van der Waals surface area (Å²) in [5.74, 6) is 0.845. The fourth-order valence-corrected chi connectivity index (χ4v) is 4.22. The lowest BCUT2D eigenvalue weighted by molar-refractivity contribution is 0.174. The maximum absolute atomic E-state index is 13.4. The van der Waals surface area contributed by atoms with Crippen molar-refractivity contribution >= 4 is 34.0 Å². The van der Waals surface area contributed by atoms with Gasteiger partial charge in [0.05, 0.1) is 16.6 Å². The Hall–Kier alpha value is -3.94. The number of anilines is 2. The molecule has 0 aliphatic carbocycles. The summed E-state index contributed by atoms with van der Waals surface area (Å²) in [5.41, 5.74) is 4.32. The topological polar surface area (TPSA) is 72.2 Å². The van der Waals surface area contributed by atoms with Crippen LogP contribution < -0.4 is 10.1 Å². The van der Waals surface area contributed by atoms with E-state index in [4.69, 9.17) is 16.3 Å². The van der Waals surface area contributed by atoms with Crippen molar-refractivity contribution < 1.29 is 14.2 Å². The first-order valence-corrected chi connectivity index (χ1v) is 11.9. The molecule has 2 N–H and O–H groups in total. The Bertz CT molecular complexity index is 1520. The van der Waals surface area contributed by atoms with E-state index in [-0.39, 0.29) is 12.4 Å². The number of hydrogen-bond donors (Lipinski definition) is 2. The molecule has 0 radical (unpaired) electrons. The van der Waals surface area contributed by atoms with Crippen molar-refractivity contribution in [3.05, 3.63) is 102 Å². The molecule has 3 aromatic carbocycles. The van der Waals surface area contributed by atoms with E-state index in [9.17, 15) is 9.50 Å². The third-order valence-corrected chi connectivity index (χ3v) is 5.97.